The Bertz CT molecular complexity index is 1210. The predicted molar refractivity (Wildman–Crippen MR) is 118 cm³/mol. The van der Waals surface area contributed by atoms with E-state index < -0.39 is 20.2 Å². The fourth-order valence-electron chi connectivity index (χ4n) is 3.88. The number of hydrogen-bond acceptors (Lipinski definition) is 2. The van der Waals surface area contributed by atoms with Crippen LogP contribution < -0.4 is 10.5 Å². The van der Waals surface area contributed by atoms with E-state index in [4.69, 9.17) is 0 Å². The molecule has 0 saturated carbocycles. The molecule has 0 fully saturated rings. The summed E-state index contributed by atoms with van der Waals surface area (Å²) >= 11 is 2.00. The average molecular weight is 477 g/mol. The summed E-state index contributed by atoms with van der Waals surface area (Å²) in [6.45, 7) is 2.18. The van der Waals surface area contributed by atoms with Crippen molar-refractivity contribution in [2.24, 2.45) is 0 Å². The molecule has 1 aliphatic heterocycles. The zero-order valence-corrected chi connectivity index (χ0v) is 18.4. The second kappa shape index (κ2) is 5.70. The predicted octanol–water partition coefficient (Wildman–Crippen LogP) is 4.92. The van der Waals surface area contributed by atoms with Gasteiger partial charge in [-0.05, 0) is 0 Å². The van der Waals surface area contributed by atoms with Crippen LogP contribution in [0.25, 0.3) is 29.9 Å². The molecule has 0 N–H and O–H groups in total. The van der Waals surface area contributed by atoms with E-state index in [9.17, 15) is 0 Å². The first-order chi connectivity index (χ1) is 12.8. The monoisotopic (exact) mass is 476 g/mol. The Morgan fingerprint density at radius 3 is 1.65 bits per heavy atom. The van der Waals surface area contributed by atoms with Crippen LogP contribution in [0.5, 0.6) is 0 Å². The van der Waals surface area contributed by atoms with Gasteiger partial charge in [0.1, 0.15) is 0 Å². The summed E-state index contributed by atoms with van der Waals surface area (Å²) in [5, 5.41) is 3.01. The third-order valence-electron chi connectivity index (χ3n) is 5.08. The quantitative estimate of drug-likeness (QED) is 0.295. The molecule has 0 saturated heterocycles. The van der Waals surface area contributed by atoms with Gasteiger partial charge in [-0.2, -0.15) is 0 Å². The molecule has 5 aromatic rings. The van der Waals surface area contributed by atoms with Gasteiger partial charge in [0.05, 0.1) is 0 Å². The third-order valence-corrected chi connectivity index (χ3v) is 16.0. The van der Waals surface area contributed by atoms with Crippen molar-refractivity contribution >= 4 is 73.6 Å². The molecule has 124 valence electrons. The van der Waals surface area contributed by atoms with Gasteiger partial charge in [0, 0.05) is 0 Å². The van der Waals surface area contributed by atoms with E-state index in [0.717, 1.165) is 0 Å². The van der Waals surface area contributed by atoms with Crippen LogP contribution in [0.4, 0.5) is 0 Å². The second-order valence-electron chi connectivity index (χ2n) is 6.72. The molecule has 0 unspecified atom stereocenters. The summed E-state index contributed by atoms with van der Waals surface area (Å²) in [6.07, 6.45) is 0. The van der Waals surface area contributed by atoms with Gasteiger partial charge in [-0.3, -0.25) is 0 Å². The van der Waals surface area contributed by atoms with Crippen molar-refractivity contribution in [3.8, 4) is 9.75 Å². The van der Waals surface area contributed by atoms with Crippen LogP contribution in [-0.4, -0.2) is 20.2 Å². The van der Waals surface area contributed by atoms with Gasteiger partial charge in [0.25, 0.3) is 0 Å². The van der Waals surface area contributed by atoms with Crippen molar-refractivity contribution in [2.75, 3.05) is 0 Å². The molecule has 0 atom stereocenters. The van der Waals surface area contributed by atoms with Crippen LogP contribution >= 0.6 is 22.7 Å². The molecule has 0 spiro atoms. The molecule has 6 rings (SSSR count). The summed E-state index contributed by atoms with van der Waals surface area (Å²) < 4.78 is 7.88. The Morgan fingerprint density at radius 2 is 1.12 bits per heavy atom. The SMILES string of the molecule is Cc1cc[c]([Sb]2[c]3c(sc4ccccc34)-c3sc4ccccc4[c]32)cc1. The van der Waals surface area contributed by atoms with Crippen molar-refractivity contribution in [3.05, 3.63) is 78.4 Å². The van der Waals surface area contributed by atoms with Crippen LogP contribution in [0.15, 0.2) is 72.8 Å². The molecule has 1 aliphatic rings. The fraction of sp³-hybridized carbons (Fsp3) is 0.0435. The Morgan fingerprint density at radius 1 is 0.615 bits per heavy atom. The zero-order valence-electron chi connectivity index (χ0n) is 14.2. The second-order valence-corrected chi connectivity index (χ2v) is 14.8. The summed E-state index contributed by atoms with van der Waals surface area (Å²) in [4.78, 5) is 3.12. The van der Waals surface area contributed by atoms with E-state index in [1.54, 1.807) is 20.3 Å². The first kappa shape index (κ1) is 15.5. The minimum atomic E-state index is -2.01. The molecule has 3 heterocycles. The number of rotatable bonds is 1. The summed E-state index contributed by atoms with van der Waals surface area (Å²) in [7, 11) is 0. The number of aryl methyl sites for hydroxylation is 1. The van der Waals surface area contributed by atoms with Crippen molar-refractivity contribution in [1.82, 2.24) is 0 Å². The maximum absolute atomic E-state index is 2.40. The Hall–Kier alpha value is -1.60. The number of fused-ring (bicyclic) bond motifs is 7. The van der Waals surface area contributed by atoms with E-state index in [1.165, 1.54) is 25.7 Å². The molecule has 0 aliphatic carbocycles. The van der Waals surface area contributed by atoms with Crippen molar-refractivity contribution in [2.45, 2.75) is 6.92 Å². The zero-order chi connectivity index (χ0) is 17.3. The van der Waals surface area contributed by atoms with Crippen LogP contribution in [-0.2, 0) is 0 Å². The summed E-state index contributed by atoms with van der Waals surface area (Å²) in [5.74, 6) is 0. The van der Waals surface area contributed by atoms with Gasteiger partial charge in [-0.15, -0.1) is 0 Å². The number of hydrogen-bond donors (Lipinski definition) is 0. The molecule has 0 radical (unpaired) electrons. The van der Waals surface area contributed by atoms with Crippen LogP contribution in [0.3, 0.4) is 0 Å². The summed E-state index contributed by atoms with van der Waals surface area (Å²) in [5.41, 5.74) is 1.35. The molecule has 2 aromatic heterocycles. The minimum absolute atomic E-state index is 1.35. The van der Waals surface area contributed by atoms with E-state index in [1.807, 2.05) is 22.7 Å². The van der Waals surface area contributed by atoms with Crippen LogP contribution in [0.2, 0.25) is 0 Å². The molecular weight excluding hydrogens is 462 g/mol. The fourth-order valence-corrected chi connectivity index (χ4v) is 16.8. The van der Waals surface area contributed by atoms with Crippen molar-refractivity contribution in [3.63, 3.8) is 0 Å². The molecule has 0 nitrogen and oxygen atoms in total. The third kappa shape index (κ3) is 2.07. The Labute approximate surface area is 167 Å². The number of thiophene rings is 2. The summed E-state index contributed by atoms with van der Waals surface area (Å²) in [6, 6.07) is 27.4. The first-order valence-electron chi connectivity index (χ1n) is 8.71. The Kier molecular flexibility index (Phi) is 3.39. The molecule has 0 bridgehead atoms. The van der Waals surface area contributed by atoms with Crippen LogP contribution in [0, 0.1) is 6.92 Å². The van der Waals surface area contributed by atoms with E-state index in [2.05, 4.69) is 79.7 Å². The van der Waals surface area contributed by atoms with Gasteiger partial charge < -0.3 is 0 Å². The molecule has 0 amide bonds. The van der Waals surface area contributed by atoms with Crippen molar-refractivity contribution in [1.29, 1.82) is 0 Å². The van der Waals surface area contributed by atoms with Crippen molar-refractivity contribution < 1.29 is 0 Å². The van der Waals surface area contributed by atoms with Gasteiger partial charge in [-0.1, -0.05) is 0 Å². The average Bonchev–Trinajstić information content (AvgIpc) is 3.31. The standard InChI is InChI=1S/C16H8S2.C7H7.Sb/c1-3-7-13-11(5-1)9-15(17-13)16-10-12-6-2-4-8-14(12)18-16;1-7-5-3-2-4-6-7;/h1-8H;3-6H,1H3;. The van der Waals surface area contributed by atoms with E-state index in [-0.39, 0.29) is 0 Å². The number of benzene rings is 3. The van der Waals surface area contributed by atoms with Gasteiger partial charge in [-0.25, -0.2) is 0 Å². The van der Waals surface area contributed by atoms with E-state index >= 15 is 0 Å². The van der Waals surface area contributed by atoms with E-state index in [0.29, 0.717) is 0 Å². The van der Waals surface area contributed by atoms with Crippen LogP contribution in [0.1, 0.15) is 5.56 Å². The molecule has 26 heavy (non-hydrogen) atoms. The normalized spacial score (nSPS) is 13.4. The van der Waals surface area contributed by atoms with Gasteiger partial charge in [0.15, 0.2) is 0 Å². The maximum atomic E-state index is 2.40. The Balaban J connectivity index is 1.75. The van der Waals surface area contributed by atoms with Gasteiger partial charge >= 0.3 is 169 Å². The molecule has 3 heteroatoms. The molecule has 3 aromatic carbocycles. The first-order valence-corrected chi connectivity index (χ1v) is 14.2. The molecular formula is C23H15S2Sb. The topological polar surface area (TPSA) is 0 Å². The van der Waals surface area contributed by atoms with Gasteiger partial charge in [0.2, 0.25) is 0 Å².